The fourth-order valence-corrected chi connectivity index (χ4v) is 2.41. The molecule has 1 N–H and O–H groups in total. The van der Waals surface area contributed by atoms with Gasteiger partial charge < -0.3 is 10.1 Å². The number of nitrogens with zero attached hydrogens (tertiary/aromatic N) is 2. The van der Waals surface area contributed by atoms with Gasteiger partial charge in [0.25, 0.3) is 0 Å². The smallest absolute Gasteiger partial charge is 0.387 e. The van der Waals surface area contributed by atoms with Gasteiger partial charge >= 0.3 is 6.61 Å². The number of aromatic nitrogens is 2. The number of rotatable bonds is 3. The van der Waals surface area contributed by atoms with E-state index < -0.39 is 6.61 Å². The van der Waals surface area contributed by atoms with Crippen molar-refractivity contribution >= 4 is 5.82 Å². The summed E-state index contributed by atoms with van der Waals surface area (Å²) in [4.78, 5) is 0. The van der Waals surface area contributed by atoms with E-state index in [0.29, 0.717) is 0 Å². The summed E-state index contributed by atoms with van der Waals surface area (Å²) in [6.45, 7) is -2.04. The number of hydrogen-bond acceptors (Lipinski definition) is 3. The van der Waals surface area contributed by atoms with E-state index in [1.54, 1.807) is 29.1 Å². The molecule has 0 aliphatic carbocycles. The maximum Gasteiger partial charge on any atom is 0.387 e. The van der Waals surface area contributed by atoms with Crippen molar-refractivity contribution in [2.24, 2.45) is 0 Å². The summed E-state index contributed by atoms with van der Waals surface area (Å²) in [5.74, 6) is 1.11. The number of anilines is 1. The summed E-state index contributed by atoms with van der Waals surface area (Å²) >= 11 is 0. The van der Waals surface area contributed by atoms with Crippen molar-refractivity contribution in [3.05, 3.63) is 42.1 Å². The maximum absolute atomic E-state index is 12.4. The molecule has 1 aromatic carbocycles. The number of benzene rings is 1. The first-order chi connectivity index (χ1) is 9.25. The summed E-state index contributed by atoms with van der Waals surface area (Å²) in [7, 11) is 0. The van der Waals surface area contributed by atoms with Crippen LogP contribution >= 0.6 is 0 Å². The van der Waals surface area contributed by atoms with E-state index >= 15 is 0 Å². The summed E-state index contributed by atoms with van der Waals surface area (Å²) in [5.41, 5.74) is 0.731. The molecule has 0 saturated heterocycles. The number of para-hydroxylation sites is 1. The quantitative estimate of drug-likeness (QED) is 0.927. The Hall–Kier alpha value is -2.11. The fourth-order valence-electron chi connectivity index (χ4n) is 2.41. The molecule has 100 valence electrons. The van der Waals surface area contributed by atoms with Crippen LogP contribution in [0.2, 0.25) is 0 Å². The zero-order chi connectivity index (χ0) is 13.2. The third kappa shape index (κ3) is 2.25. The second kappa shape index (κ2) is 4.87. The second-order valence-electron chi connectivity index (χ2n) is 4.31. The van der Waals surface area contributed by atoms with Crippen molar-refractivity contribution in [1.82, 2.24) is 9.78 Å². The minimum absolute atomic E-state index is 0.0822. The van der Waals surface area contributed by atoms with Crippen LogP contribution in [-0.2, 0) is 0 Å². The van der Waals surface area contributed by atoms with E-state index in [1.807, 2.05) is 12.1 Å². The lowest BCUT2D eigenvalue weighted by Crippen LogP contribution is -2.24. The molecule has 1 atom stereocenters. The van der Waals surface area contributed by atoms with Crippen molar-refractivity contribution in [3.8, 4) is 5.75 Å². The standard InChI is InChI=1S/C13H13F2N3O/c14-13(15)19-11-4-2-1-3-9(11)10-5-7-16-12-6-8-17-18(10)12/h1-4,6,8,10,13,16H,5,7H2. The fraction of sp³-hybridized carbons (Fsp3) is 0.308. The molecule has 6 heteroatoms. The lowest BCUT2D eigenvalue weighted by molar-refractivity contribution is -0.0507. The lowest BCUT2D eigenvalue weighted by Gasteiger charge is -2.27. The van der Waals surface area contributed by atoms with Gasteiger partial charge in [-0.2, -0.15) is 13.9 Å². The molecule has 2 aromatic rings. The number of alkyl halides is 2. The van der Waals surface area contributed by atoms with Gasteiger partial charge in [0, 0.05) is 18.2 Å². The summed E-state index contributed by atoms with van der Waals surface area (Å²) in [6.07, 6.45) is 2.47. The largest absolute Gasteiger partial charge is 0.434 e. The highest BCUT2D eigenvalue weighted by Gasteiger charge is 2.24. The van der Waals surface area contributed by atoms with Gasteiger partial charge in [0.05, 0.1) is 12.2 Å². The molecule has 1 aromatic heterocycles. The van der Waals surface area contributed by atoms with E-state index in [1.165, 1.54) is 0 Å². The van der Waals surface area contributed by atoms with E-state index in [-0.39, 0.29) is 11.8 Å². The van der Waals surface area contributed by atoms with Gasteiger partial charge in [0.1, 0.15) is 11.6 Å². The molecule has 3 rings (SSSR count). The number of halogens is 2. The van der Waals surface area contributed by atoms with Crippen LogP contribution < -0.4 is 10.1 Å². The van der Waals surface area contributed by atoms with E-state index in [2.05, 4.69) is 15.2 Å². The maximum atomic E-state index is 12.4. The zero-order valence-electron chi connectivity index (χ0n) is 10.1. The Bertz CT molecular complexity index is 571. The monoisotopic (exact) mass is 265 g/mol. The van der Waals surface area contributed by atoms with Crippen LogP contribution in [0.25, 0.3) is 0 Å². The summed E-state index contributed by atoms with van der Waals surface area (Å²) in [6, 6.07) is 8.65. The third-order valence-electron chi connectivity index (χ3n) is 3.18. The Balaban J connectivity index is 2.00. The summed E-state index contributed by atoms with van der Waals surface area (Å²) in [5, 5.41) is 7.46. The van der Waals surface area contributed by atoms with Gasteiger partial charge in [-0.15, -0.1) is 0 Å². The molecule has 0 amide bonds. The third-order valence-corrected chi connectivity index (χ3v) is 3.18. The predicted molar refractivity (Wildman–Crippen MR) is 66.5 cm³/mol. The van der Waals surface area contributed by atoms with Crippen LogP contribution in [0.4, 0.5) is 14.6 Å². The van der Waals surface area contributed by atoms with Gasteiger partial charge in [0.15, 0.2) is 0 Å². The Kier molecular flexibility index (Phi) is 3.06. The average molecular weight is 265 g/mol. The molecule has 1 unspecified atom stereocenters. The Labute approximate surface area is 109 Å². The second-order valence-corrected chi connectivity index (χ2v) is 4.31. The molecule has 2 heterocycles. The van der Waals surface area contributed by atoms with Crippen LogP contribution in [0, 0.1) is 0 Å². The number of fused-ring (bicyclic) bond motifs is 1. The highest BCUT2D eigenvalue weighted by Crippen LogP contribution is 2.34. The first kappa shape index (κ1) is 12.0. The minimum Gasteiger partial charge on any atom is -0.434 e. The summed E-state index contributed by atoms with van der Waals surface area (Å²) < 4.78 is 31.3. The van der Waals surface area contributed by atoms with Crippen LogP contribution in [0.1, 0.15) is 18.0 Å². The van der Waals surface area contributed by atoms with Gasteiger partial charge in [-0.25, -0.2) is 4.68 Å². The minimum atomic E-state index is -2.82. The Morgan fingerprint density at radius 1 is 1.32 bits per heavy atom. The zero-order valence-corrected chi connectivity index (χ0v) is 10.1. The molecule has 0 radical (unpaired) electrons. The van der Waals surface area contributed by atoms with Crippen molar-refractivity contribution < 1.29 is 13.5 Å². The van der Waals surface area contributed by atoms with Crippen molar-refractivity contribution in [2.75, 3.05) is 11.9 Å². The van der Waals surface area contributed by atoms with Gasteiger partial charge in [0.2, 0.25) is 0 Å². The van der Waals surface area contributed by atoms with Crippen LogP contribution in [0.5, 0.6) is 5.75 Å². The van der Waals surface area contributed by atoms with Crippen molar-refractivity contribution in [2.45, 2.75) is 19.1 Å². The first-order valence-corrected chi connectivity index (χ1v) is 6.07. The molecule has 0 saturated carbocycles. The van der Waals surface area contributed by atoms with E-state index in [4.69, 9.17) is 0 Å². The number of ether oxygens (including phenoxy) is 1. The van der Waals surface area contributed by atoms with Crippen LogP contribution in [0.15, 0.2) is 36.5 Å². The molecular formula is C13H13F2N3O. The van der Waals surface area contributed by atoms with Gasteiger partial charge in [-0.1, -0.05) is 18.2 Å². The molecule has 1 aliphatic heterocycles. The Morgan fingerprint density at radius 3 is 3.00 bits per heavy atom. The van der Waals surface area contributed by atoms with Gasteiger partial charge in [-0.3, -0.25) is 0 Å². The topological polar surface area (TPSA) is 39.1 Å². The average Bonchev–Trinajstić information content (AvgIpc) is 2.87. The molecule has 4 nitrogen and oxygen atoms in total. The van der Waals surface area contributed by atoms with Crippen molar-refractivity contribution in [3.63, 3.8) is 0 Å². The molecule has 0 fully saturated rings. The SMILES string of the molecule is FC(F)Oc1ccccc1C1CCNc2ccnn21. The number of hydrogen-bond donors (Lipinski definition) is 1. The van der Waals surface area contributed by atoms with Crippen molar-refractivity contribution in [1.29, 1.82) is 0 Å². The van der Waals surface area contributed by atoms with Crippen LogP contribution in [0.3, 0.4) is 0 Å². The van der Waals surface area contributed by atoms with Crippen LogP contribution in [-0.4, -0.2) is 22.9 Å². The highest BCUT2D eigenvalue weighted by atomic mass is 19.3. The molecule has 0 bridgehead atoms. The van der Waals surface area contributed by atoms with Gasteiger partial charge in [-0.05, 0) is 12.5 Å². The molecule has 1 aliphatic rings. The molecular weight excluding hydrogens is 252 g/mol. The highest BCUT2D eigenvalue weighted by molar-refractivity contribution is 5.42. The normalized spacial score (nSPS) is 17.9. The molecule has 19 heavy (non-hydrogen) atoms. The van der Waals surface area contributed by atoms with E-state index in [0.717, 1.165) is 24.3 Å². The number of nitrogens with one attached hydrogen (secondary N) is 1. The molecule has 0 spiro atoms. The lowest BCUT2D eigenvalue weighted by atomic mass is 10.0. The predicted octanol–water partition coefficient (Wildman–Crippen LogP) is 2.89. The van der Waals surface area contributed by atoms with E-state index in [9.17, 15) is 8.78 Å². The first-order valence-electron chi connectivity index (χ1n) is 6.07. The Morgan fingerprint density at radius 2 is 2.16 bits per heavy atom.